The van der Waals surface area contributed by atoms with Crippen molar-refractivity contribution in [3.8, 4) is 0 Å². The van der Waals surface area contributed by atoms with E-state index in [1.165, 1.54) is 38.5 Å². The average Bonchev–Trinajstić information content (AvgIpc) is 2.78. The van der Waals surface area contributed by atoms with Crippen molar-refractivity contribution in [1.82, 2.24) is 0 Å². The van der Waals surface area contributed by atoms with E-state index in [1.807, 2.05) is 0 Å². The summed E-state index contributed by atoms with van der Waals surface area (Å²) in [6.07, 6.45) is 8.67. The lowest BCUT2D eigenvalue weighted by Crippen LogP contribution is -2.41. The van der Waals surface area contributed by atoms with Crippen LogP contribution in [0.15, 0.2) is 4.99 Å². The second kappa shape index (κ2) is 2.98. The Morgan fingerprint density at radius 2 is 2.14 bits per heavy atom. The number of hydrogen-bond donors (Lipinski definition) is 0. The molecule has 1 aliphatic carbocycles. The maximum absolute atomic E-state index is 5.92. The van der Waals surface area contributed by atoms with Crippen LogP contribution < -0.4 is 0 Å². The summed E-state index contributed by atoms with van der Waals surface area (Å²) >= 11 is 0. The van der Waals surface area contributed by atoms with Crippen molar-refractivity contribution >= 4 is 5.90 Å². The number of ether oxygens (including phenoxy) is 1. The van der Waals surface area contributed by atoms with Crippen molar-refractivity contribution in [2.75, 3.05) is 6.54 Å². The summed E-state index contributed by atoms with van der Waals surface area (Å²) in [7, 11) is 0. The molecule has 0 radical (unpaired) electrons. The number of hydrogen-bond acceptors (Lipinski definition) is 2. The Labute approximate surface area is 85.7 Å². The lowest BCUT2D eigenvalue weighted by Gasteiger charge is -2.40. The highest BCUT2D eigenvalue weighted by atomic mass is 16.5. The molecule has 0 aromatic rings. The average molecular weight is 193 g/mol. The molecule has 2 aliphatic heterocycles. The van der Waals surface area contributed by atoms with Crippen molar-refractivity contribution in [3.63, 3.8) is 0 Å². The van der Waals surface area contributed by atoms with Crippen LogP contribution in [0, 0.1) is 11.3 Å². The molecule has 2 heteroatoms. The van der Waals surface area contributed by atoms with Gasteiger partial charge in [0.05, 0.1) is 6.54 Å². The highest BCUT2D eigenvalue weighted by molar-refractivity contribution is 5.84. The highest BCUT2D eigenvalue weighted by Gasteiger charge is 2.57. The summed E-state index contributed by atoms with van der Waals surface area (Å²) in [5.74, 6) is 1.75. The van der Waals surface area contributed by atoms with Crippen LogP contribution in [0.25, 0.3) is 0 Å². The van der Waals surface area contributed by atoms with Crippen LogP contribution in [0.3, 0.4) is 0 Å². The molecule has 3 rings (SSSR count). The summed E-state index contributed by atoms with van der Waals surface area (Å²) in [6, 6.07) is 0. The van der Waals surface area contributed by atoms with E-state index < -0.39 is 0 Å². The summed E-state index contributed by atoms with van der Waals surface area (Å²) in [5, 5.41) is 0. The van der Waals surface area contributed by atoms with Gasteiger partial charge in [-0.3, -0.25) is 4.99 Å². The zero-order valence-corrected chi connectivity index (χ0v) is 8.96. The molecule has 2 nitrogen and oxygen atoms in total. The molecule has 78 valence electrons. The molecular formula is C12H19NO. The Morgan fingerprint density at radius 1 is 1.36 bits per heavy atom. The lowest BCUT2D eigenvalue weighted by atomic mass is 9.62. The van der Waals surface area contributed by atoms with E-state index in [4.69, 9.17) is 4.74 Å². The van der Waals surface area contributed by atoms with Gasteiger partial charge in [-0.2, -0.15) is 0 Å². The molecule has 1 saturated heterocycles. The van der Waals surface area contributed by atoms with Crippen LogP contribution in [0.2, 0.25) is 0 Å². The maximum atomic E-state index is 5.92. The number of nitrogens with zero attached hydrogens (tertiary/aromatic N) is 1. The Morgan fingerprint density at radius 3 is 2.86 bits per heavy atom. The molecule has 2 heterocycles. The quantitative estimate of drug-likeness (QED) is 0.627. The van der Waals surface area contributed by atoms with Gasteiger partial charge in [-0.15, -0.1) is 0 Å². The summed E-state index contributed by atoms with van der Waals surface area (Å²) < 4.78 is 5.92. The summed E-state index contributed by atoms with van der Waals surface area (Å²) in [4.78, 5) is 4.50. The van der Waals surface area contributed by atoms with E-state index in [0.717, 1.165) is 12.4 Å². The molecule has 3 aliphatic rings. The van der Waals surface area contributed by atoms with Gasteiger partial charge in [0.1, 0.15) is 6.10 Å². The fraction of sp³-hybridized carbons (Fsp3) is 0.917. The normalized spacial score (nSPS) is 38.5. The predicted molar refractivity (Wildman–Crippen MR) is 56.5 cm³/mol. The van der Waals surface area contributed by atoms with E-state index in [0.29, 0.717) is 17.4 Å². The van der Waals surface area contributed by atoms with E-state index in [-0.39, 0.29) is 0 Å². The highest BCUT2D eigenvalue weighted by Crippen LogP contribution is 2.54. The fourth-order valence-electron chi connectivity index (χ4n) is 3.82. The van der Waals surface area contributed by atoms with Gasteiger partial charge >= 0.3 is 0 Å². The third kappa shape index (κ3) is 0.945. The minimum atomic E-state index is 0.447. The van der Waals surface area contributed by atoms with Crippen molar-refractivity contribution in [2.24, 2.45) is 16.3 Å². The first-order valence-electron chi connectivity index (χ1n) is 6.08. The second-order valence-electron chi connectivity index (χ2n) is 5.04. The van der Waals surface area contributed by atoms with E-state index in [9.17, 15) is 0 Å². The molecule has 14 heavy (non-hydrogen) atoms. The van der Waals surface area contributed by atoms with Crippen LogP contribution in [-0.2, 0) is 4.74 Å². The third-order valence-corrected chi connectivity index (χ3v) is 4.50. The van der Waals surface area contributed by atoms with Gasteiger partial charge in [0.25, 0.3) is 0 Å². The first-order valence-corrected chi connectivity index (χ1v) is 6.08. The minimum Gasteiger partial charge on any atom is -0.475 e. The number of rotatable bonds is 1. The molecule has 0 aromatic heterocycles. The monoisotopic (exact) mass is 193 g/mol. The summed E-state index contributed by atoms with van der Waals surface area (Å²) in [6.45, 7) is 3.24. The van der Waals surface area contributed by atoms with Crippen molar-refractivity contribution in [3.05, 3.63) is 0 Å². The van der Waals surface area contributed by atoms with Crippen molar-refractivity contribution < 1.29 is 4.74 Å². The Bertz CT molecular complexity index is 265. The summed E-state index contributed by atoms with van der Waals surface area (Å²) in [5.41, 5.74) is 0.504. The molecular weight excluding hydrogens is 174 g/mol. The molecule has 0 aromatic carbocycles. The Balaban J connectivity index is 1.93. The van der Waals surface area contributed by atoms with E-state index in [2.05, 4.69) is 11.9 Å². The zero-order valence-electron chi connectivity index (χ0n) is 8.96. The van der Waals surface area contributed by atoms with E-state index >= 15 is 0 Å². The molecule has 0 N–H and O–H groups in total. The smallest absolute Gasteiger partial charge is 0.187 e. The van der Waals surface area contributed by atoms with Crippen LogP contribution in [0.1, 0.15) is 45.4 Å². The molecule has 0 amide bonds. The van der Waals surface area contributed by atoms with Crippen LogP contribution in [-0.4, -0.2) is 18.5 Å². The fourth-order valence-corrected chi connectivity index (χ4v) is 3.82. The van der Waals surface area contributed by atoms with Gasteiger partial charge in [0, 0.05) is 11.3 Å². The number of aliphatic imine (C=N–C) groups is 1. The van der Waals surface area contributed by atoms with Crippen LogP contribution in [0.5, 0.6) is 0 Å². The third-order valence-electron chi connectivity index (χ3n) is 4.50. The molecule has 2 fully saturated rings. The van der Waals surface area contributed by atoms with Crippen molar-refractivity contribution in [1.29, 1.82) is 0 Å². The molecule has 1 saturated carbocycles. The lowest BCUT2D eigenvalue weighted by molar-refractivity contribution is 0.0458. The molecule has 1 spiro atoms. The first-order chi connectivity index (χ1) is 6.87. The molecule has 2 unspecified atom stereocenters. The topological polar surface area (TPSA) is 21.6 Å². The van der Waals surface area contributed by atoms with Crippen LogP contribution in [0.4, 0.5) is 0 Å². The minimum absolute atomic E-state index is 0.447. The predicted octanol–water partition coefficient (Wildman–Crippen LogP) is 2.77. The van der Waals surface area contributed by atoms with Crippen molar-refractivity contribution in [2.45, 2.75) is 51.6 Å². The maximum Gasteiger partial charge on any atom is 0.187 e. The number of fused-ring (bicyclic) bond motifs is 3. The standard InChI is InChI=1S/C12H19NO/c1-2-9-11-13-8-10(14-11)12(9)6-4-3-5-7-12/h9-10H,2-8H2,1H3. The SMILES string of the molecule is CCC1C2=NCC(O2)C12CCCCC2. The first kappa shape index (κ1) is 8.75. The largest absolute Gasteiger partial charge is 0.475 e. The second-order valence-corrected chi connectivity index (χ2v) is 5.04. The zero-order chi connectivity index (χ0) is 9.60. The van der Waals surface area contributed by atoms with Gasteiger partial charge in [0.15, 0.2) is 5.90 Å². The van der Waals surface area contributed by atoms with Gasteiger partial charge in [-0.1, -0.05) is 26.2 Å². The van der Waals surface area contributed by atoms with Gasteiger partial charge in [-0.05, 0) is 19.3 Å². The molecule has 2 atom stereocenters. The van der Waals surface area contributed by atoms with Crippen LogP contribution >= 0.6 is 0 Å². The van der Waals surface area contributed by atoms with Gasteiger partial charge in [-0.25, -0.2) is 0 Å². The Kier molecular flexibility index (Phi) is 1.86. The van der Waals surface area contributed by atoms with Gasteiger partial charge < -0.3 is 4.74 Å². The van der Waals surface area contributed by atoms with Gasteiger partial charge in [0.2, 0.25) is 0 Å². The Hall–Kier alpha value is -0.530. The van der Waals surface area contributed by atoms with E-state index in [1.54, 1.807) is 0 Å². The molecule has 2 bridgehead atoms.